The van der Waals surface area contributed by atoms with Gasteiger partial charge in [-0.1, -0.05) is 29.8 Å². The Bertz CT molecular complexity index is 857. The first-order valence-electron chi connectivity index (χ1n) is 9.96. The number of piperidine rings is 1. The predicted molar refractivity (Wildman–Crippen MR) is 111 cm³/mol. The number of amides is 2. The highest BCUT2D eigenvalue weighted by molar-refractivity contribution is 6.31. The van der Waals surface area contributed by atoms with Gasteiger partial charge in [0, 0.05) is 23.8 Å². The molecule has 0 saturated carbocycles. The first-order valence-corrected chi connectivity index (χ1v) is 10.3. The minimum atomic E-state index is -0.736. The Labute approximate surface area is 180 Å². The van der Waals surface area contributed by atoms with E-state index in [-0.39, 0.29) is 11.9 Å². The Morgan fingerprint density at radius 2 is 2.07 bits per heavy atom. The van der Waals surface area contributed by atoms with Gasteiger partial charge < -0.3 is 20.1 Å². The summed E-state index contributed by atoms with van der Waals surface area (Å²) in [5.41, 5.74) is 1.35. The molecule has 1 saturated heterocycles. The summed E-state index contributed by atoms with van der Waals surface area (Å²) in [6, 6.07) is 5.87. The van der Waals surface area contributed by atoms with Gasteiger partial charge in [0.25, 0.3) is 0 Å². The van der Waals surface area contributed by atoms with Gasteiger partial charge in [-0.3, -0.25) is 9.69 Å². The Morgan fingerprint density at radius 3 is 2.77 bits per heavy atom. The molecule has 0 aliphatic carbocycles. The van der Waals surface area contributed by atoms with E-state index < -0.39 is 18.0 Å². The molecule has 9 heteroatoms. The molecule has 0 bridgehead atoms. The summed E-state index contributed by atoms with van der Waals surface area (Å²) in [6.07, 6.45) is 1.58. The number of carbonyl (C=O) groups excluding carboxylic acids is 3. The van der Waals surface area contributed by atoms with Crippen molar-refractivity contribution in [1.29, 1.82) is 0 Å². The number of urea groups is 1. The molecule has 8 nitrogen and oxygen atoms in total. The highest BCUT2D eigenvalue weighted by Gasteiger charge is 2.36. The Hall–Kier alpha value is -2.58. The van der Waals surface area contributed by atoms with Crippen molar-refractivity contribution < 1.29 is 23.9 Å². The summed E-state index contributed by atoms with van der Waals surface area (Å²) < 4.78 is 10.2. The van der Waals surface area contributed by atoms with Gasteiger partial charge in [-0.2, -0.15) is 0 Å². The number of esters is 2. The lowest BCUT2D eigenvalue weighted by atomic mass is 9.94. The Kier molecular flexibility index (Phi) is 7.33. The van der Waals surface area contributed by atoms with Crippen LogP contribution < -0.4 is 10.6 Å². The van der Waals surface area contributed by atoms with E-state index in [1.54, 1.807) is 31.2 Å². The van der Waals surface area contributed by atoms with Crippen LogP contribution in [0, 0.1) is 5.92 Å². The number of carbonyl (C=O) groups is 3. The third-order valence-electron chi connectivity index (χ3n) is 5.28. The zero-order valence-electron chi connectivity index (χ0n) is 17.1. The van der Waals surface area contributed by atoms with Crippen LogP contribution in [-0.2, 0) is 19.1 Å². The second-order valence-electron chi connectivity index (χ2n) is 7.26. The van der Waals surface area contributed by atoms with Crippen LogP contribution in [0.15, 0.2) is 35.5 Å². The monoisotopic (exact) mass is 435 g/mol. The lowest BCUT2D eigenvalue weighted by molar-refractivity contribution is -0.150. The van der Waals surface area contributed by atoms with Gasteiger partial charge in [-0.25, -0.2) is 9.59 Å². The van der Waals surface area contributed by atoms with Crippen LogP contribution in [0.1, 0.15) is 31.4 Å². The molecule has 3 rings (SSSR count). The van der Waals surface area contributed by atoms with Crippen molar-refractivity contribution in [3.8, 4) is 0 Å². The molecular formula is C21H26ClN3O5. The van der Waals surface area contributed by atoms with E-state index in [0.29, 0.717) is 41.6 Å². The van der Waals surface area contributed by atoms with Crippen LogP contribution in [0.5, 0.6) is 0 Å². The number of benzene rings is 1. The second kappa shape index (κ2) is 9.95. The summed E-state index contributed by atoms with van der Waals surface area (Å²) in [7, 11) is 1.30. The first-order chi connectivity index (χ1) is 14.4. The summed E-state index contributed by atoms with van der Waals surface area (Å²) in [6.45, 7) is 3.67. The SMILES string of the molecule is CCOC(=O)[C@H]1CCCN(CC2=C(C(=O)OC)[C@H](c3ccccc3Cl)NC(=O)N2)C1. The van der Waals surface area contributed by atoms with E-state index in [1.165, 1.54) is 7.11 Å². The molecule has 1 fully saturated rings. The fraction of sp³-hybridized carbons (Fsp3) is 0.476. The maximum atomic E-state index is 12.7. The molecule has 0 radical (unpaired) electrons. The zero-order chi connectivity index (χ0) is 21.7. The van der Waals surface area contributed by atoms with Crippen molar-refractivity contribution in [3.63, 3.8) is 0 Å². The fourth-order valence-corrected chi connectivity index (χ4v) is 4.16. The molecular weight excluding hydrogens is 410 g/mol. The average molecular weight is 436 g/mol. The number of rotatable bonds is 6. The molecule has 1 aromatic carbocycles. The van der Waals surface area contributed by atoms with Gasteiger partial charge in [0.15, 0.2) is 0 Å². The maximum absolute atomic E-state index is 12.7. The van der Waals surface area contributed by atoms with Gasteiger partial charge in [0.05, 0.1) is 31.2 Å². The molecule has 2 heterocycles. The number of hydrogen-bond donors (Lipinski definition) is 2. The smallest absolute Gasteiger partial charge is 0.338 e. The van der Waals surface area contributed by atoms with Crippen molar-refractivity contribution in [1.82, 2.24) is 15.5 Å². The topological polar surface area (TPSA) is 97.0 Å². The molecule has 2 amide bonds. The highest BCUT2D eigenvalue weighted by Crippen LogP contribution is 2.32. The van der Waals surface area contributed by atoms with Crippen LogP contribution in [0.25, 0.3) is 0 Å². The second-order valence-corrected chi connectivity index (χ2v) is 7.67. The van der Waals surface area contributed by atoms with Crippen LogP contribution in [-0.4, -0.2) is 56.2 Å². The zero-order valence-corrected chi connectivity index (χ0v) is 17.8. The Balaban J connectivity index is 1.90. The van der Waals surface area contributed by atoms with Gasteiger partial charge >= 0.3 is 18.0 Å². The van der Waals surface area contributed by atoms with Crippen LogP contribution in [0.2, 0.25) is 5.02 Å². The highest BCUT2D eigenvalue weighted by atomic mass is 35.5. The molecule has 2 atom stereocenters. The standard InChI is InChI=1S/C21H26ClN3O5/c1-3-30-19(26)13-7-6-10-25(11-13)12-16-17(20(27)29-2)18(24-21(28)23-16)14-8-4-5-9-15(14)22/h4-5,8-9,13,18H,3,6-7,10-12H2,1-2H3,(H2,23,24,28)/t13-,18-/m0/s1. The number of likely N-dealkylation sites (tertiary alicyclic amines) is 1. The number of nitrogens with one attached hydrogen (secondary N) is 2. The number of methoxy groups -OCH3 is 1. The van der Waals surface area contributed by atoms with Crippen molar-refractivity contribution in [2.45, 2.75) is 25.8 Å². The van der Waals surface area contributed by atoms with Gasteiger partial charge in [0.1, 0.15) is 0 Å². The molecule has 1 aromatic rings. The molecule has 2 aliphatic rings. The third-order valence-corrected chi connectivity index (χ3v) is 5.63. The largest absolute Gasteiger partial charge is 0.466 e. The number of hydrogen-bond acceptors (Lipinski definition) is 6. The van der Waals surface area contributed by atoms with Crippen molar-refractivity contribution in [3.05, 3.63) is 46.1 Å². The van der Waals surface area contributed by atoms with Gasteiger partial charge in [-0.05, 0) is 37.9 Å². The van der Waals surface area contributed by atoms with Crippen LogP contribution in [0.3, 0.4) is 0 Å². The predicted octanol–water partition coefficient (Wildman–Crippen LogP) is 2.40. The summed E-state index contributed by atoms with van der Waals surface area (Å²) in [5, 5.41) is 5.95. The van der Waals surface area contributed by atoms with E-state index in [0.717, 1.165) is 19.4 Å². The minimum Gasteiger partial charge on any atom is -0.466 e. The third kappa shape index (κ3) is 4.94. The van der Waals surface area contributed by atoms with E-state index in [9.17, 15) is 14.4 Å². The first kappa shape index (κ1) is 22.1. The lowest BCUT2D eigenvalue weighted by Gasteiger charge is -2.35. The van der Waals surface area contributed by atoms with Crippen molar-refractivity contribution >= 4 is 29.6 Å². The fourth-order valence-electron chi connectivity index (χ4n) is 3.91. The average Bonchev–Trinajstić information content (AvgIpc) is 2.73. The van der Waals surface area contributed by atoms with E-state index in [2.05, 4.69) is 10.6 Å². The number of nitrogens with zero attached hydrogens (tertiary/aromatic N) is 1. The van der Waals surface area contributed by atoms with Gasteiger partial charge in [-0.15, -0.1) is 0 Å². The van der Waals surface area contributed by atoms with Crippen molar-refractivity contribution in [2.75, 3.05) is 33.4 Å². The summed E-state index contributed by atoms with van der Waals surface area (Å²) in [5.74, 6) is -0.994. The molecule has 0 unspecified atom stereocenters. The summed E-state index contributed by atoms with van der Waals surface area (Å²) in [4.78, 5) is 39.2. The molecule has 0 aromatic heterocycles. The molecule has 2 N–H and O–H groups in total. The summed E-state index contributed by atoms with van der Waals surface area (Å²) >= 11 is 6.33. The molecule has 2 aliphatic heterocycles. The molecule has 0 spiro atoms. The van der Waals surface area contributed by atoms with Crippen LogP contribution >= 0.6 is 11.6 Å². The van der Waals surface area contributed by atoms with E-state index in [4.69, 9.17) is 21.1 Å². The van der Waals surface area contributed by atoms with Crippen LogP contribution in [0.4, 0.5) is 4.79 Å². The molecule has 30 heavy (non-hydrogen) atoms. The number of halogens is 1. The normalized spacial score (nSPS) is 22.2. The Morgan fingerprint density at radius 1 is 1.30 bits per heavy atom. The minimum absolute atomic E-state index is 0.215. The lowest BCUT2D eigenvalue weighted by Crippen LogP contribution is -2.50. The quantitative estimate of drug-likeness (QED) is 0.666. The van der Waals surface area contributed by atoms with Gasteiger partial charge in [0.2, 0.25) is 0 Å². The maximum Gasteiger partial charge on any atom is 0.338 e. The number of ether oxygens (including phenoxy) is 2. The van der Waals surface area contributed by atoms with E-state index in [1.807, 2.05) is 4.90 Å². The van der Waals surface area contributed by atoms with Crippen molar-refractivity contribution in [2.24, 2.45) is 5.92 Å². The molecule has 162 valence electrons. The van der Waals surface area contributed by atoms with E-state index >= 15 is 0 Å².